The van der Waals surface area contributed by atoms with Crippen LogP contribution in [0.4, 0.5) is 14.5 Å². The van der Waals surface area contributed by atoms with Gasteiger partial charge in [0.05, 0.1) is 0 Å². The molecule has 2 aromatic rings. The second-order valence-corrected chi connectivity index (χ2v) is 5.26. The Kier molecular flexibility index (Phi) is 4.14. The minimum atomic E-state index is -0.869. The number of aryl methyl sites for hydroxylation is 1. The Balaban J connectivity index is 2.30. The number of amides is 1. The largest absolute Gasteiger partial charge is 0.322 e. The first kappa shape index (κ1) is 13.9. The molecule has 0 aliphatic rings. The first-order chi connectivity index (χ1) is 8.99. The van der Waals surface area contributed by atoms with Crippen LogP contribution >= 0.6 is 22.6 Å². The Bertz CT molecular complexity index is 626. The van der Waals surface area contributed by atoms with Gasteiger partial charge in [-0.1, -0.05) is 6.07 Å². The lowest BCUT2D eigenvalue weighted by Gasteiger charge is -2.08. The fourth-order valence-corrected chi connectivity index (χ4v) is 1.95. The van der Waals surface area contributed by atoms with E-state index in [1.807, 2.05) is 0 Å². The minimum absolute atomic E-state index is 0.231. The molecule has 0 heterocycles. The molecule has 0 spiro atoms. The van der Waals surface area contributed by atoms with Crippen molar-refractivity contribution in [2.45, 2.75) is 6.92 Å². The van der Waals surface area contributed by atoms with E-state index < -0.39 is 23.1 Å². The van der Waals surface area contributed by atoms with Crippen LogP contribution in [0.2, 0.25) is 0 Å². The summed E-state index contributed by atoms with van der Waals surface area (Å²) in [5, 5.41) is 2.47. The molecule has 5 heteroatoms. The fraction of sp³-hybridized carbons (Fsp3) is 0.0714. The van der Waals surface area contributed by atoms with Gasteiger partial charge in [-0.2, -0.15) is 0 Å². The van der Waals surface area contributed by atoms with Crippen molar-refractivity contribution in [3.8, 4) is 0 Å². The van der Waals surface area contributed by atoms with Gasteiger partial charge in [-0.05, 0) is 65.4 Å². The van der Waals surface area contributed by atoms with Crippen LogP contribution in [-0.4, -0.2) is 5.91 Å². The second kappa shape index (κ2) is 5.64. The van der Waals surface area contributed by atoms with E-state index in [1.54, 1.807) is 24.3 Å². The fourth-order valence-electron chi connectivity index (χ4n) is 1.59. The molecule has 0 aliphatic carbocycles. The molecule has 1 N–H and O–H groups in total. The Morgan fingerprint density at radius 1 is 1.11 bits per heavy atom. The molecule has 0 unspecified atom stereocenters. The quantitative estimate of drug-likeness (QED) is 0.789. The van der Waals surface area contributed by atoms with Crippen molar-refractivity contribution in [3.63, 3.8) is 0 Å². The standard InChI is InChI=1S/C14H10F2INO/c1-8-2-7-11(15)12(13(8)16)14(19)18-10-5-3-9(17)4-6-10/h2-7H,1H3,(H,18,19). The number of rotatable bonds is 2. The van der Waals surface area contributed by atoms with Gasteiger partial charge < -0.3 is 5.32 Å². The van der Waals surface area contributed by atoms with Gasteiger partial charge in [0.15, 0.2) is 0 Å². The maximum atomic E-state index is 13.8. The molecule has 1 amide bonds. The average Bonchev–Trinajstić information content (AvgIpc) is 2.37. The van der Waals surface area contributed by atoms with E-state index in [0.29, 0.717) is 5.69 Å². The summed E-state index contributed by atoms with van der Waals surface area (Å²) in [4.78, 5) is 11.9. The number of hydrogen-bond acceptors (Lipinski definition) is 1. The zero-order chi connectivity index (χ0) is 14.0. The molecule has 2 rings (SSSR count). The van der Waals surface area contributed by atoms with Crippen molar-refractivity contribution in [2.24, 2.45) is 0 Å². The average molecular weight is 373 g/mol. The number of nitrogens with one attached hydrogen (secondary N) is 1. The number of hydrogen-bond donors (Lipinski definition) is 1. The Morgan fingerprint density at radius 3 is 2.37 bits per heavy atom. The van der Waals surface area contributed by atoms with Crippen molar-refractivity contribution in [1.82, 2.24) is 0 Å². The highest BCUT2D eigenvalue weighted by atomic mass is 127. The summed E-state index contributed by atoms with van der Waals surface area (Å²) in [6.07, 6.45) is 0. The van der Waals surface area contributed by atoms with Gasteiger partial charge in [-0.25, -0.2) is 8.78 Å². The molecular weight excluding hydrogens is 363 g/mol. The van der Waals surface area contributed by atoms with Crippen molar-refractivity contribution in [3.05, 3.63) is 62.7 Å². The Morgan fingerprint density at radius 2 is 1.74 bits per heavy atom. The molecular formula is C14H10F2INO. The third-order valence-corrected chi connectivity index (χ3v) is 3.33. The monoisotopic (exact) mass is 373 g/mol. The van der Waals surface area contributed by atoms with Crippen LogP contribution < -0.4 is 5.32 Å². The molecule has 0 radical (unpaired) electrons. The van der Waals surface area contributed by atoms with Gasteiger partial charge >= 0.3 is 0 Å². The SMILES string of the molecule is Cc1ccc(F)c(C(=O)Nc2ccc(I)cc2)c1F. The molecule has 0 fully saturated rings. The van der Waals surface area contributed by atoms with Crippen LogP contribution in [-0.2, 0) is 0 Å². The van der Waals surface area contributed by atoms with Crippen LogP contribution in [0, 0.1) is 22.1 Å². The lowest BCUT2D eigenvalue weighted by Crippen LogP contribution is -2.16. The van der Waals surface area contributed by atoms with Crippen LogP contribution in [0.5, 0.6) is 0 Å². The van der Waals surface area contributed by atoms with Gasteiger partial charge in [0.25, 0.3) is 5.91 Å². The van der Waals surface area contributed by atoms with Gasteiger partial charge in [0.1, 0.15) is 17.2 Å². The van der Waals surface area contributed by atoms with Crippen LogP contribution in [0.15, 0.2) is 36.4 Å². The van der Waals surface area contributed by atoms with Crippen molar-refractivity contribution >= 4 is 34.2 Å². The third kappa shape index (κ3) is 3.09. The van der Waals surface area contributed by atoms with Gasteiger partial charge in [-0.15, -0.1) is 0 Å². The summed E-state index contributed by atoms with van der Waals surface area (Å²) < 4.78 is 28.3. The normalized spacial score (nSPS) is 10.3. The molecule has 0 saturated carbocycles. The van der Waals surface area contributed by atoms with E-state index >= 15 is 0 Å². The predicted molar refractivity (Wildman–Crippen MR) is 78.2 cm³/mol. The molecule has 98 valence electrons. The summed E-state index contributed by atoms with van der Waals surface area (Å²) in [5.74, 6) is -2.49. The highest BCUT2D eigenvalue weighted by Crippen LogP contribution is 2.18. The minimum Gasteiger partial charge on any atom is -0.322 e. The van der Waals surface area contributed by atoms with Gasteiger partial charge in [0, 0.05) is 9.26 Å². The van der Waals surface area contributed by atoms with Crippen molar-refractivity contribution in [2.75, 3.05) is 5.32 Å². The number of carbonyl (C=O) groups is 1. The number of benzene rings is 2. The van der Waals surface area contributed by atoms with E-state index in [0.717, 1.165) is 9.64 Å². The maximum absolute atomic E-state index is 13.8. The smallest absolute Gasteiger partial charge is 0.261 e. The Labute approximate surface area is 123 Å². The molecule has 0 bridgehead atoms. The lowest BCUT2D eigenvalue weighted by atomic mass is 10.1. The van der Waals surface area contributed by atoms with Crippen LogP contribution in [0.25, 0.3) is 0 Å². The zero-order valence-electron chi connectivity index (χ0n) is 10.0. The molecule has 2 aromatic carbocycles. The topological polar surface area (TPSA) is 29.1 Å². The number of halogens is 3. The van der Waals surface area contributed by atoms with E-state index in [4.69, 9.17) is 0 Å². The van der Waals surface area contributed by atoms with Crippen molar-refractivity contribution in [1.29, 1.82) is 0 Å². The molecule has 0 aromatic heterocycles. The second-order valence-electron chi connectivity index (χ2n) is 4.01. The summed E-state index contributed by atoms with van der Waals surface area (Å²) in [7, 11) is 0. The maximum Gasteiger partial charge on any atom is 0.261 e. The number of carbonyl (C=O) groups excluding carboxylic acids is 1. The summed E-state index contributed by atoms with van der Waals surface area (Å²) in [6, 6.07) is 9.31. The summed E-state index contributed by atoms with van der Waals surface area (Å²) in [5.41, 5.74) is 0.165. The summed E-state index contributed by atoms with van der Waals surface area (Å²) >= 11 is 2.12. The Hall–Kier alpha value is -1.50. The van der Waals surface area contributed by atoms with Crippen LogP contribution in [0.3, 0.4) is 0 Å². The molecule has 2 nitrogen and oxygen atoms in total. The first-order valence-corrected chi connectivity index (χ1v) is 6.58. The van der Waals surface area contributed by atoms with Gasteiger partial charge in [0.2, 0.25) is 0 Å². The lowest BCUT2D eigenvalue weighted by molar-refractivity contribution is 0.101. The highest BCUT2D eigenvalue weighted by molar-refractivity contribution is 14.1. The van der Waals surface area contributed by atoms with E-state index in [-0.39, 0.29) is 5.56 Å². The first-order valence-electron chi connectivity index (χ1n) is 5.50. The molecule has 19 heavy (non-hydrogen) atoms. The predicted octanol–water partition coefficient (Wildman–Crippen LogP) is 4.13. The van der Waals surface area contributed by atoms with E-state index in [9.17, 15) is 13.6 Å². The zero-order valence-corrected chi connectivity index (χ0v) is 12.2. The molecule has 0 saturated heterocycles. The van der Waals surface area contributed by atoms with Crippen LogP contribution in [0.1, 0.15) is 15.9 Å². The van der Waals surface area contributed by atoms with E-state index in [1.165, 1.54) is 13.0 Å². The van der Waals surface area contributed by atoms with Crippen molar-refractivity contribution < 1.29 is 13.6 Å². The highest BCUT2D eigenvalue weighted by Gasteiger charge is 2.19. The summed E-state index contributed by atoms with van der Waals surface area (Å²) in [6.45, 7) is 1.48. The van der Waals surface area contributed by atoms with E-state index in [2.05, 4.69) is 27.9 Å². The van der Waals surface area contributed by atoms with Gasteiger partial charge in [-0.3, -0.25) is 4.79 Å². The number of anilines is 1. The third-order valence-electron chi connectivity index (χ3n) is 2.61. The molecule has 0 aliphatic heterocycles. The molecule has 0 atom stereocenters.